The van der Waals surface area contributed by atoms with Gasteiger partial charge >= 0.3 is 0 Å². The molecule has 0 aliphatic carbocycles. The van der Waals surface area contributed by atoms with Crippen molar-refractivity contribution >= 4 is 59.6 Å². The van der Waals surface area contributed by atoms with Gasteiger partial charge in [-0.15, -0.1) is 0 Å². The highest BCUT2D eigenvalue weighted by atomic mass is 79.9. The second-order valence-electron chi connectivity index (χ2n) is 9.64. The van der Waals surface area contributed by atoms with E-state index in [0.717, 1.165) is 15.8 Å². The first-order chi connectivity index (χ1) is 18.7. The van der Waals surface area contributed by atoms with E-state index >= 15 is 0 Å². The van der Waals surface area contributed by atoms with Crippen LogP contribution in [0.3, 0.4) is 0 Å². The molecule has 0 bridgehead atoms. The van der Waals surface area contributed by atoms with Gasteiger partial charge in [0.1, 0.15) is 0 Å². The molecule has 0 aromatic heterocycles. The van der Waals surface area contributed by atoms with Gasteiger partial charge in [0.05, 0.1) is 0 Å². The Bertz CT molecular complexity index is 1880. The Morgan fingerprint density at radius 3 is 1.24 bits per heavy atom. The molecule has 0 amide bonds. The SMILES string of the molecule is Brc1ccc(Nc2ccc(-c3ccc(-c4ccc5c6ccccc6c6ccccc6c5c4)cc3)cc2)cc1. The maximum atomic E-state index is 3.49. The third-order valence-corrected chi connectivity index (χ3v) is 7.84. The van der Waals surface area contributed by atoms with E-state index in [1.165, 1.54) is 54.6 Å². The zero-order valence-electron chi connectivity index (χ0n) is 20.7. The van der Waals surface area contributed by atoms with E-state index in [2.05, 4.69) is 149 Å². The van der Waals surface area contributed by atoms with Crippen LogP contribution in [0.2, 0.25) is 0 Å². The molecule has 0 aliphatic heterocycles. The van der Waals surface area contributed by atoms with Crippen molar-refractivity contribution < 1.29 is 0 Å². The number of hydrogen-bond donors (Lipinski definition) is 1. The van der Waals surface area contributed by atoms with Crippen molar-refractivity contribution in [1.82, 2.24) is 0 Å². The number of fused-ring (bicyclic) bond motifs is 6. The Morgan fingerprint density at radius 1 is 0.342 bits per heavy atom. The molecule has 7 aromatic carbocycles. The molecular formula is C36H24BrN. The molecular weight excluding hydrogens is 526 g/mol. The Labute approximate surface area is 230 Å². The quantitative estimate of drug-likeness (QED) is 0.215. The molecule has 38 heavy (non-hydrogen) atoms. The fourth-order valence-corrected chi connectivity index (χ4v) is 5.65. The smallest absolute Gasteiger partial charge is 0.0384 e. The van der Waals surface area contributed by atoms with E-state index in [-0.39, 0.29) is 0 Å². The van der Waals surface area contributed by atoms with Gasteiger partial charge < -0.3 is 5.32 Å². The summed E-state index contributed by atoms with van der Waals surface area (Å²) in [4.78, 5) is 0. The Kier molecular flexibility index (Phi) is 5.68. The van der Waals surface area contributed by atoms with Crippen LogP contribution >= 0.6 is 15.9 Å². The van der Waals surface area contributed by atoms with Crippen molar-refractivity contribution in [2.45, 2.75) is 0 Å². The maximum Gasteiger partial charge on any atom is 0.0384 e. The van der Waals surface area contributed by atoms with Crippen molar-refractivity contribution in [2.75, 3.05) is 5.32 Å². The lowest BCUT2D eigenvalue weighted by Crippen LogP contribution is -1.89. The van der Waals surface area contributed by atoms with E-state index in [1.54, 1.807) is 0 Å². The minimum atomic E-state index is 1.07. The summed E-state index contributed by atoms with van der Waals surface area (Å²) >= 11 is 3.49. The summed E-state index contributed by atoms with van der Waals surface area (Å²) in [6, 6.07) is 50.1. The average molecular weight is 550 g/mol. The van der Waals surface area contributed by atoms with Crippen LogP contribution in [0.15, 0.2) is 144 Å². The van der Waals surface area contributed by atoms with Gasteiger partial charge in [0.15, 0.2) is 0 Å². The van der Waals surface area contributed by atoms with Crippen LogP contribution in [0.1, 0.15) is 0 Å². The normalized spacial score (nSPS) is 11.3. The predicted octanol–water partition coefficient (Wildman–Crippen LogP) is 11.0. The fraction of sp³-hybridized carbons (Fsp3) is 0. The summed E-state index contributed by atoms with van der Waals surface area (Å²) in [6.45, 7) is 0. The zero-order valence-corrected chi connectivity index (χ0v) is 22.2. The summed E-state index contributed by atoms with van der Waals surface area (Å²) in [6.07, 6.45) is 0. The van der Waals surface area contributed by atoms with E-state index in [4.69, 9.17) is 0 Å². The Morgan fingerprint density at radius 2 is 0.711 bits per heavy atom. The molecule has 2 heteroatoms. The number of rotatable bonds is 4. The lowest BCUT2D eigenvalue weighted by Gasteiger charge is -2.12. The van der Waals surface area contributed by atoms with Crippen LogP contribution in [-0.4, -0.2) is 0 Å². The molecule has 0 radical (unpaired) electrons. The first-order valence-electron chi connectivity index (χ1n) is 12.8. The highest BCUT2D eigenvalue weighted by Crippen LogP contribution is 2.37. The van der Waals surface area contributed by atoms with E-state index in [0.29, 0.717) is 0 Å². The summed E-state index contributed by atoms with van der Waals surface area (Å²) < 4.78 is 1.08. The monoisotopic (exact) mass is 549 g/mol. The minimum absolute atomic E-state index is 1.07. The van der Waals surface area contributed by atoms with Crippen molar-refractivity contribution in [2.24, 2.45) is 0 Å². The van der Waals surface area contributed by atoms with Crippen molar-refractivity contribution in [3.8, 4) is 22.3 Å². The van der Waals surface area contributed by atoms with Crippen molar-refractivity contribution in [1.29, 1.82) is 0 Å². The first kappa shape index (κ1) is 22.8. The lowest BCUT2D eigenvalue weighted by atomic mass is 9.92. The summed E-state index contributed by atoms with van der Waals surface area (Å²) in [5.41, 5.74) is 7.01. The van der Waals surface area contributed by atoms with Crippen molar-refractivity contribution in [3.05, 3.63) is 144 Å². The molecule has 0 atom stereocenters. The lowest BCUT2D eigenvalue weighted by molar-refractivity contribution is 1.53. The molecule has 0 aliphatic rings. The molecule has 7 aromatic rings. The number of halogens is 1. The Balaban J connectivity index is 1.21. The molecule has 1 nitrogen and oxygen atoms in total. The van der Waals surface area contributed by atoms with E-state index in [1.807, 2.05) is 12.1 Å². The van der Waals surface area contributed by atoms with Gasteiger partial charge in [-0.3, -0.25) is 0 Å². The fourth-order valence-electron chi connectivity index (χ4n) is 5.39. The van der Waals surface area contributed by atoms with E-state index < -0.39 is 0 Å². The van der Waals surface area contributed by atoms with Gasteiger partial charge in [0, 0.05) is 15.8 Å². The van der Waals surface area contributed by atoms with E-state index in [9.17, 15) is 0 Å². The van der Waals surface area contributed by atoms with Crippen molar-refractivity contribution in [3.63, 3.8) is 0 Å². The second kappa shape index (κ2) is 9.48. The topological polar surface area (TPSA) is 12.0 Å². The molecule has 0 saturated heterocycles. The standard InChI is InChI=1S/C36H24BrN/c37-28-16-20-30(21-17-28)38-29-18-13-25(14-19-29)24-9-11-26(12-10-24)27-15-22-35-33-7-2-1-5-31(33)32-6-3-4-8-34(32)36(35)23-27/h1-23,38H. The van der Waals surface area contributed by atoms with Crippen LogP contribution < -0.4 is 5.32 Å². The van der Waals surface area contributed by atoms with Gasteiger partial charge in [0.2, 0.25) is 0 Å². The summed E-state index contributed by atoms with van der Waals surface area (Å²) in [7, 11) is 0. The highest BCUT2D eigenvalue weighted by Gasteiger charge is 2.09. The number of nitrogens with one attached hydrogen (secondary N) is 1. The Hall–Kier alpha value is -4.40. The highest BCUT2D eigenvalue weighted by molar-refractivity contribution is 9.10. The summed E-state index contributed by atoms with van der Waals surface area (Å²) in [5.74, 6) is 0. The van der Waals surface area contributed by atoms with Crippen LogP contribution in [0, 0.1) is 0 Å². The minimum Gasteiger partial charge on any atom is -0.356 e. The molecule has 0 heterocycles. The van der Waals surface area contributed by atoms with Crippen LogP contribution in [-0.2, 0) is 0 Å². The van der Waals surface area contributed by atoms with Crippen LogP contribution in [0.5, 0.6) is 0 Å². The zero-order chi connectivity index (χ0) is 25.5. The van der Waals surface area contributed by atoms with Gasteiger partial charge in [-0.25, -0.2) is 0 Å². The molecule has 0 saturated carbocycles. The third-order valence-electron chi connectivity index (χ3n) is 7.31. The van der Waals surface area contributed by atoms with Crippen LogP contribution in [0.25, 0.3) is 54.6 Å². The molecule has 180 valence electrons. The largest absolute Gasteiger partial charge is 0.356 e. The number of anilines is 2. The molecule has 0 unspecified atom stereocenters. The molecule has 7 rings (SSSR count). The molecule has 0 spiro atoms. The van der Waals surface area contributed by atoms with Gasteiger partial charge in [-0.05, 0) is 97.0 Å². The number of hydrogen-bond acceptors (Lipinski definition) is 1. The first-order valence-corrected chi connectivity index (χ1v) is 13.6. The van der Waals surface area contributed by atoms with Gasteiger partial charge in [-0.1, -0.05) is 113 Å². The van der Waals surface area contributed by atoms with Crippen LogP contribution in [0.4, 0.5) is 11.4 Å². The number of benzene rings is 7. The average Bonchev–Trinajstić information content (AvgIpc) is 2.99. The van der Waals surface area contributed by atoms with Gasteiger partial charge in [-0.2, -0.15) is 0 Å². The molecule has 0 fully saturated rings. The second-order valence-corrected chi connectivity index (χ2v) is 10.6. The molecule has 1 N–H and O–H groups in total. The third kappa shape index (κ3) is 4.13. The predicted molar refractivity (Wildman–Crippen MR) is 167 cm³/mol. The summed E-state index contributed by atoms with van der Waals surface area (Å²) in [5, 5.41) is 11.3. The van der Waals surface area contributed by atoms with Gasteiger partial charge in [0.25, 0.3) is 0 Å². The maximum absolute atomic E-state index is 3.49.